The lowest BCUT2D eigenvalue weighted by atomic mass is 10.0. The number of aliphatic hydroxyl groups excluding tert-OH is 1. The molecule has 0 radical (unpaired) electrons. The summed E-state index contributed by atoms with van der Waals surface area (Å²) in [6.07, 6.45) is 3.38. The highest BCUT2D eigenvalue weighted by molar-refractivity contribution is 5.25. The van der Waals surface area contributed by atoms with Gasteiger partial charge in [-0.15, -0.1) is 0 Å². The lowest BCUT2D eigenvalue weighted by Crippen LogP contribution is -2.43. The Labute approximate surface area is 123 Å². The van der Waals surface area contributed by atoms with Crippen LogP contribution in [-0.4, -0.2) is 54.2 Å². The topological polar surface area (TPSA) is 26.7 Å². The summed E-state index contributed by atoms with van der Waals surface area (Å²) in [4.78, 5) is 4.99. The second-order valence-electron chi connectivity index (χ2n) is 5.99. The van der Waals surface area contributed by atoms with Crippen LogP contribution in [0.1, 0.15) is 30.4 Å². The van der Waals surface area contributed by atoms with Crippen molar-refractivity contribution >= 4 is 0 Å². The van der Waals surface area contributed by atoms with Crippen molar-refractivity contribution in [3.8, 4) is 0 Å². The number of likely N-dealkylation sites (tertiary alicyclic amines) is 1. The van der Waals surface area contributed by atoms with Gasteiger partial charge in [0.05, 0.1) is 0 Å². The summed E-state index contributed by atoms with van der Waals surface area (Å²) < 4.78 is 0. The zero-order valence-electron chi connectivity index (χ0n) is 12.9. The summed E-state index contributed by atoms with van der Waals surface area (Å²) in [5.74, 6) is 0. The van der Waals surface area contributed by atoms with Crippen LogP contribution in [0.4, 0.5) is 0 Å². The molecule has 1 aromatic rings. The van der Waals surface area contributed by atoms with Crippen LogP contribution in [-0.2, 0) is 6.54 Å². The third-order valence-corrected chi connectivity index (χ3v) is 4.50. The van der Waals surface area contributed by atoms with Gasteiger partial charge in [0.15, 0.2) is 0 Å². The molecule has 0 atom stereocenters. The Bertz CT molecular complexity index is 400. The van der Waals surface area contributed by atoms with Gasteiger partial charge < -0.3 is 10.0 Å². The van der Waals surface area contributed by atoms with Crippen LogP contribution in [0.2, 0.25) is 0 Å². The Morgan fingerprint density at radius 3 is 2.60 bits per heavy atom. The maximum absolute atomic E-state index is 8.91. The highest BCUT2D eigenvalue weighted by Crippen LogP contribution is 2.18. The molecule has 1 saturated heterocycles. The fourth-order valence-electron chi connectivity index (χ4n) is 3.05. The first-order valence-corrected chi connectivity index (χ1v) is 7.78. The molecule has 0 aliphatic carbocycles. The number of benzene rings is 1. The molecule has 1 fully saturated rings. The maximum Gasteiger partial charge on any atom is 0.0443 e. The molecule has 112 valence electrons. The van der Waals surface area contributed by atoms with Gasteiger partial charge in [-0.3, -0.25) is 4.90 Å². The fourth-order valence-corrected chi connectivity index (χ4v) is 3.05. The number of piperidine rings is 1. The summed E-state index contributed by atoms with van der Waals surface area (Å²) in [5, 5.41) is 8.91. The summed E-state index contributed by atoms with van der Waals surface area (Å²) in [5.41, 5.74) is 2.86. The summed E-state index contributed by atoms with van der Waals surface area (Å²) in [7, 11) is 2.19. The molecule has 1 aromatic carbocycles. The second kappa shape index (κ2) is 7.77. The molecule has 1 N–H and O–H groups in total. The molecule has 1 aliphatic rings. The SMILES string of the molecule is Cc1ccccc1CN1CCC(N(C)CCCO)CC1. The van der Waals surface area contributed by atoms with E-state index in [1.165, 1.54) is 37.1 Å². The minimum Gasteiger partial charge on any atom is -0.396 e. The van der Waals surface area contributed by atoms with E-state index in [4.69, 9.17) is 5.11 Å². The van der Waals surface area contributed by atoms with Gasteiger partial charge in [0, 0.05) is 25.7 Å². The van der Waals surface area contributed by atoms with Crippen molar-refractivity contribution < 1.29 is 5.11 Å². The van der Waals surface area contributed by atoms with Crippen molar-refractivity contribution in [2.75, 3.05) is 33.3 Å². The molecular formula is C17H28N2O. The van der Waals surface area contributed by atoms with Crippen molar-refractivity contribution in [1.29, 1.82) is 0 Å². The van der Waals surface area contributed by atoms with Crippen molar-refractivity contribution in [2.45, 2.75) is 38.8 Å². The lowest BCUT2D eigenvalue weighted by Gasteiger charge is -2.37. The van der Waals surface area contributed by atoms with E-state index in [0.29, 0.717) is 12.6 Å². The van der Waals surface area contributed by atoms with Crippen molar-refractivity contribution in [3.05, 3.63) is 35.4 Å². The van der Waals surface area contributed by atoms with E-state index >= 15 is 0 Å². The molecule has 0 unspecified atom stereocenters. The van der Waals surface area contributed by atoms with E-state index in [2.05, 4.69) is 48.0 Å². The van der Waals surface area contributed by atoms with E-state index in [1.54, 1.807) is 0 Å². The number of hydrogen-bond acceptors (Lipinski definition) is 3. The highest BCUT2D eigenvalue weighted by atomic mass is 16.3. The van der Waals surface area contributed by atoms with Gasteiger partial charge in [0.1, 0.15) is 0 Å². The minimum atomic E-state index is 0.302. The Morgan fingerprint density at radius 2 is 1.95 bits per heavy atom. The predicted molar refractivity (Wildman–Crippen MR) is 83.8 cm³/mol. The van der Waals surface area contributed by atoms with Crippen LogP contribution in [0.5, 0.6) is 0 Å². The van der Waals surface area contributed by atoms with Crippen molar-refractivity contribution in [3.63, 3.8) is 0 Å². The number of rotatable bonds is 6. The molecule has 3 nitrogen and oxygen atoms in total. The van der Waals surface area contributed by atoms with E-state index < -0.39 is 0 Å². The summed E-state index contributed by atoms with van der Waals surface area (Å²) in [6.45, 7) is 6.96. The van der Waals surface area contributed by atoms with E-state index in [0.717, 1.165) is 19.5 Å². The van der Waals surface area contributed by atoms with Gasteiger partial charge >= 0.3 is 0 Å². The van der Waals surface area contributed by atoms with Crippen molar-refractivity contribution in [2.24, 2.45) is 0 Å². The normalized spacial score (nSPS) is 17.8. The molecule has 0 aromatic heterocycles. The third-order valence-electron chi connectivity index (χ3n) is 4.50. The Hall–Kier alpha value is -0.900. The van der Waals surface area contributed by atoms with Crippen LogP contribution in [0.15, 0.2) is 24.3 Å². The van der Waals surface area contributed by atoms with E-state index in [-0.39, 0.29) is 0 Å². The van der Waals surface area contributed by atoms with E-state index in [9.17, 15) is 0 Å². The Morgan fingerprint density at radius 1 is 1.25 bits per heavy atom. The molecule has 0 saturated carbocycles. The Kier molecular flexibility index (Phi) is 6.02. The number of hydrogen-bond donors (Lipinski definition) is 1. The standard InChI is InChI=1S/C17H28N2O/c1-15-6-3-4-7-16(15)14-19-11-8-17(9-12-19)18(2)10-5-13-20/h3-4,6-7,17,20H,5,8-14H2,1-2H3. The van der Waals surface area contributed by atoms with Crippen LogP contribution in [0, 0.1) is 6.92 Å². The number of nitrogens with zero attached hydrogens (tertiary/aromatic N) is 2. The largest absolute Gasteiger partial charge is 0.396 e. The van der Waals surface area contributed by atoms with Crippen LogP contribution in [0.25, 0.3) is 0 Å². The zero-order valence-corrected chi connectivity index (χ0v) is 12.9. The molecule has 0 bridgehead atoms. The predicted octanol–water partition coefficient (Wildman–Crippen LogP) is 2.27. The molecule has 0 spiro atoms. The quantitative estimate of drug-likeness (QED) is 0.863. The maximum atomic E-state index is 8.91. The highest BCUT2D eigenvalue weighted by Gasteiger charge is 2.22. The smallest absolute Gasteiger partial charge is 0.0443 e. The zero-order chi connectivity index (χ0) is 14.4. The van der Waals surface area contributed by atoms with Crippen LogP contribution < -0.4 is 0 Å². The average Bonchev–Trinajstić information content (AvgIpc) is 2.48. The number of aryl methyl sites for hydroxylation is 1. The van der Waals surface area contributed by atoms with Crippen LogP contribution in [0.3, 0.4) is 0 Å². The molecular weight excluding hydrogens is 248 g/mol. The first kappa shape index (κ1) is 15.5. The lowest BCUT2D eigenvalue weighted by molar-refractivity contribution is 0.117. The average molecular weight is 276 g/mol. The second-order valence-corrected chi connectivity index (χ2v) is 5.99. The molecule has 2 rings (SSSR count). The Balaban J connectivity index is 1.78. The molecule has 0 amide bonds. The first-order chi connectivity index (χ1) is 9.70. The summed E-state index contributed by atoms with van der Waals surface area (Å²) >= 11 is 0. The van der Waals surface area contributed by atoms with Gasteiger partial charge in [-0.2, -0.15) is 0 Å². The van der Waals surface area contributed by atoms with Gasteiger partial charge in [0.25, 0.3) is 0 Å². The molecule has 1 heterocycles. The molecule has 1 aliphatic heterocycles. The fraction of sp³-hybridized carbons (Fsp3) is 0.647. The molecule has 20 heavy (non-hydrogen) atoms. The van der Waals surface area contributed by atoms with Gasteiger partial charge in [-0.1, -0.05) is 24.3 Å². The number of aliphatic hydroxyl groups is 1. The first-order valence-electron chi connectivity index (χ1n) is 7.78. The molecule has 3 heteroatoms. The van der Waals surface area contributed by atoms with Crippen LogP contribution >= 0.6 is 0 Å². The summed E-state index contributed by atoms with van der Waals surface area (Å²) in [6, 6.07) is 9.38. The van der Waals surface area contributed by atoms with Crippen molar-refractivity contribution in [1.82, 2.24) is 9.80 Å². The van der Waals surface area contributed by atoms with Gasteiger partial charge in [0.2, 0.25) is 0 Å². The van der Waals surface area contributed by atoms with Gasteiger partial charge in [-0.25, -0.2) is 0 Å². The minimum absolute atomic E-state index is 0.302. The van der Waals surface area contributed by atoms with E-state index in [1.807, 2.05) is 0 Å². The monoisotopic (exact) mass is 276 g/mol. The van der Waals surface area contributed by atoms with Gasteiger partial charge in [-0.05, 0) is 57.5 Å². The third kappa shape index (κ3) is 4.30.